The van der Waals surface area contributed by atoms with Gasteiger partial charge in [-0.05, 0) is 42.7 Å². The van der Waals surface area contributed by atoms with Gasteiger partial charge >= 0.3 is 0 Å². The molecule has 0 unspecified atom stereocenters. The fraction of sp³-hybridized carbons (Fsp3) is 0.0800. The lowest BCUT2D eigenvalue weighted by Gasteiger charge is -2.25. The highest BCUT2D eigenvalue weighted by Gasteiger charge is 2.42. The van der Waals surface area contributed by atoms with Crippen LogP contribution in [0.1, 0.15) is 0 Å². The summed E-state index contributed by atoms with van der Waals surface area (Å²) < 4.78 is 2.22. The maximum Gasteiger partial charge on any atom is 0.275 e. The molecule has 0 atom stereocenters. The molecule has 0 bridgehead atoms. The van der Waals surface area contributed by atoms with Gasteiger partial charge in [0.2, 0.25) is 4.96 Å². The zero-order valence-corrected chi connectivity index (χ0v) is 20.2. The predicted octanol–water partition coefficient (Wildman–Crippen LogP) is 4.46. The van der Waals surface area contributed by atoms with E-state index in [9.17, 15) is 4.79 Å². The topological polar surface area (TPSA) is 47.3 Å². The van der Waals surface area contributed by atoms with Gasteiger partial charge in [-0.25, -0.2) is 4.98 Å². The third kappa shape index (κ3) is 3.58. The SMILES string of the molecule is CSc1nn2c(=O)cc(-c3ccccc3[P+](C)(c3ccccc3)c3ccccc3)nc2s1. The lowest BCUT2D eigenvalue weighted by atomic mass is 10.1. The number of benzene rings is 3. The summed E-state index contributed by atoms with van der Waals surface area (Å²) in [7, 11) is -1.97. The van der Waals surface area contributed by atoms with Crippen LogP contribution in [0.2, 0.25) is 0 Å². The van der Waals surface area contributed by atoms with Gasteiger partial charge in [0, 0.05) is 11.6 Å². The molecule has 0 aliphatic heterocycles. The van der Waals surface area contributed by atoms with Crippen LogP contribution in [0.4, 0.5) is 0 Å². The van der Waals surface area contributed by atoms with Crippen molar-refractivity contribution in [1.82, 2.24) is 14.6 Å². The zero-order valence-electron chi connectivity index (χ0n) is 17.7. The van der Waals surface area contributed by atoms with E-state index >= 15 is 0 Å². The van der Waals surface area contributed by atoms with Crippen LogP contribution in [-0.2, 0) is 0 Å². The van der Waals surface area contributed by atoms with Crippen molar-refractivity contribution < 1.29 is 0 Å². The summed E-state index contributed by atoms with van der Waals surface area (Å²) in [6.07, 6.45) is 1.95. The molecule has 0 radical (unpaired) electrons. The maximum absolute atomic E-state index is 12.9. The van der Waals surface area contributed by atoms with Crippen LogP contribution in [0, 0.1) is 0 Å². The second kappa shape index (κ2) is 8.62. The van der Waals surface area contributed by atoms with Crippen LogP contribution in [0.5, 0.6) is 0 Å². The molecule has 0 aliphatic carbocycles. The fourth-order valence-corrected chi connectivity index (χ4v) is 8.78. The molecule has 0 saturated carbocycles. The lowest BCUT2D eigenvalue weighted by molar-refractivity contribution is 0.859. The Morgan fingerprint density at radius 1 is 0.875 bits per heavy atom. The van der Waals surface area contributed by atoms with Gasteiger partial charge in [0.1, 0.15) is 23.2 Å². The standard InChI is InChI=1S/C25H21N3OPS2/c1-30(18-11-5-3-6-12-18,19-13-7-4-8-14-19)22-16-10-9-15-20(22)21-17-23(29)28-24(26-21)32-25(27-28)31-2/h3-17H,1-2H3/q+1. The van der Waals surface area contributed by atoms with Crippen molar-refractivity contribution in [2.24, 2.45) is 0 Å². The van der Waals surface area contributed by atoms with Crippen molar-refractivity contribution in [3.8, 4) is 11.3 Å². The molecule has 5 rings (SSSR count). The van der Waals surface area contributed by atoms with E-state index < -0.39 is 7.26 Å². The van der Waals surface area contributed by atoms with Crippen LogP contribution in [0.25, 0.3) is 16.2 Å². The molecular weight excluding hydrogens is 453 g/mol. The Morgan fingerprint density at radius 2 is 1.47 bits per heavy atom. The van der Waals surface area contributed by atoms with Crippen LogP contribution in [0.15, 0.2) is 100 Å². The molecule has 158 valence electrons. The van der Waals surface area contributed by atoms with Gasteiger partial charge in [-0.3, -0.25) is 4.79 Å². The van der Waals surface area contributed by atoms with E-state index in [-0.39, 0.29) is 5.56 Å². The van der Waals surface area contributed by atoms with Crippen molar-refractivity contribution in [2.75, 3.05) is 12.9 Å². The smallest absolute Gasteiger partial charge is 0.267 e. The molecule has 2 aromatic heterocycles. The normalized spacial score (nSPS) is 11.7. The first-order valence-electron chi connectivity index (χ1n) is 10.1. The van der Waals surface area contributed by atoms with Gasteiger partial charge in [-0.2, -0.15) is 4.52 Å². The second-order valence-corrected chi connectivity index (χ2v) is 13.0. The van der Waals surface area contributed by atoms with E-state index in [2.05, 4.69) is 78.5 Å². The highest BCUT2D eigenvalue weighted by atomic mass is 32.2. The van der Waals surface area contributed by atoms with Gasteiger partial charge < -0.3 is 0 Å². The number of hydrogen-bond donors (Lipinski definition) is 0. The molecule has 0 fully saturated rings. The molecule has 0 saturated heterocycles. The number of fused-ring (bicyclic) bond motifs is 1. The van der Waals surface area contributed by atoms with E-state index in [4.69, 9.17) is 4.98 Å². The van der Waals surface area contributed by atoms with Crippen LogP contribution >= 0.6 is 30.4 Å². The molecule has 0 amide bonds. The van der Waals surface area contributed by atoms with Crippen LogP contribution < -0.4 is 21.5 Å². The highest BCUT2D eigenvalue weighted by Crippen LogP contribution is 2.53. The number of nitrogens with zero attached hydrogens (tertiary/aromatic N) is 3. The zero-order chi connectivity index (χ0) is 22.1. The predicted molar refractivity (Wildman–Crippen MR) is 139 cm³/mol. The van der Waals surface area contributed by atoms with Gasteiger partial charge in [-0.1, -0.05) is 71.6 Å². The maximum atomic E-state index is 12.9. The molecule has 3 aromatic carbocycles. The van der Waals surface area contributed by atoms with E-state index in [0.717, 1.165) is 9.90 Å². The van der Waals surface area contributed by atoms with Crippen LogP contribution in [0.3, 0.4) is 0 Å². The Morgan fingerprint density at radius 3 is 2.09 bits per heavy atom. The quantitative estimate of drug-likeness (QED) is 0.279. The Labute approximate surface area is 195 Å². The molecule has 0 aliphatic rings. The van der Waals surface area contributed by atoms with Crippen molar-refractivity contribution in [1.29, 1.82) is 0 Å². The molecule has 4 nitrogen and oxygen atoms in total. The fourth-order valence-electron chi connectivity index (χ4n) is 3.97. The largest absolute Gasteiger partial charge is 0.275 e. The molecule has 32 heavy (non-hydrogen) atoms. The number of aromatic nitrogens is 3. The minimum absolute atomic E-state index is 0.157. The van der Waals surface area contributed by atoms with Gasteiger partial charge in [0.25, 0.3) is 5.56 Å². The third-order valence-corrected chi connectivity index (χ3v) is 11.5. The van der Waals surface area contributed by atoms with Crippen molar-refractivity contribution in [3.05, 3.63) is 101 Å². The van der Waals surface area contributed by atoms with Crippen molar-refractivity contribution in [3.63, 3.8) is 0 Å². The summed E-state index contributed by atoms with van der Waals surface area (Å²) in [5.41, 5.74) is 1.53. The second-order valence-electron chi connectivity index (χ2n) is 7.44. The number of thioether (sulfide) groups is 1. The summed E-state index contributed by atoms with van der Waals surface area (Å²) >= 11 is 2.96. The van der Waals surface area contributed by atoms with E-state index in [1.807, 2.05) is 24.5 Å². The molecule has 0 N–H and O–H groups in total. The summed E-state index contributed by atoms with van der Waals surface area (Å²) in [5, 5.41) is 8.15. The van der Waals surface area contributed by atoms with Gasteiger partial charge in [-0.15, -0.1) is 5.10 Å². The van der Waals surface area contributed by atoms with Crippen molar-refractivity contribution >= 4 is 51.2 Å². The number of rotatable bonds is 5. The molecule has 7 heteroatoms. The molecule has 5 aromatic rings. The first kappa shape index (κ1) is 21.1. The summed E-state index contributed by atoms with van der Waals surface area (Å²) in [6.45, 7) is 2.35. The van der Waals surface area contributed by atoms with Crippen LogP contribution in [-0.4, -0.2) is 27.5 Å². The average Bonchev–Trinajstić information content (AvgIpc) is 3.29. The minimum Gasteiger partial charge on any atom is -0.267 e. The third-order valence-electron chi connectivity index (χ3n) is 5.61. The Kier molecular flexibility index (Phi) is 5.68. The summed E-state index contributed by atoms with van der Waals surface area (Å²) in [6, 6.07) is 31.3. The van der Waals surface area contributed by atoms with Gasteiger partial charge in [0.15, 0.2) is 4.34 Å². The first-order chi connectivity index (χ1) is 15.6. The molecular formula is C25H21N3OPS2+. The molecule has 2 heterocycles. The average molecular weight is 475 g/mol. The Bertz CT molecular complexity index is 1410. The van der Waals surface area contributed by atoms with Gasteiger partial charge in [0.05, 0.1) is 12.4 Å². The van der Waals surface area contributed by atoms with E-state index in [1.165, 1.54) is 43.5 Å². The highest BCUT2D eigenvalue weighted by molar-refractivity contribution is 8.00. The van der Waals surface area contributed by atoms with E-state index in [0.29, 0.717) is 10.7 Å². The minimum atomic E-state index is -1.97. The monoisotopic (exact) mass is 474 g/mol. The Balaban J connectivity index is 1.78. The lowest BCUT2D eigenvalue weighted by Crippen LogP contribution is -2.31. The first-order valence-corrected chi connectivity index (χ1v) is 14.4. The summed E-state index contributed by atoms with van der Waals surface area (Å²) in [4.78, 5) is 18.3. The number of hydrogen-bond acceptors (Lipinski definition) is 5. The summed E-state index contributed by atoms with van der Waals surface area (Å²) in [5.74, 6) is 0. The Hall–Kier alpha value is -2.79. The van der Waals surface area contributed by atoms with E-state index in [1.54, 1.807) is 6.07 Å². The molecule has 0 spiro atoms. The van der Waals surface area contributed by atoms with Crippen molar-refractivity contribution in [2.45, 2.75) is 4.34 Å².